The van der Waals surface area contributed by atoms with Gasteiger partial charge in [0.2, 0.25) is 0 Å². The average Bonchev–Trinajstić information content (AvgIpc) is 2.71. The number of carbonyl (C=O) groups excluding carboxylic acids is 3. The number of benzene rings is 1. The Bertz CT molecular complexity index is 955. The van der Waals surface area contributed by atoms with Crippen LogP contribution in [0, 0.1) is 5.41 Å². The van der Waals surface area contributed by atoms with Crippen molar-refractivity contribution >= 4 is 17.7 Å². The molecule has 7 heteroatoms. The number of allylic oxidation sites excluding steroid dienone is 3. The van der Waals surface area contributed by atoms with Crippen LogP contribution in [0.15, 0.2) is 46.8 Å². The smallest absolute Gasteiger partial charge is 0.337 e. The third-order valence-corrected chi connectivity index (χ3v) is 5.65. The first-order valence-electron chi connectivity index (χ1n) is 10.3. The summed E-state index contributed by atoms with van der Waals surface area (Å²) < 4.78 is 15.2. The average molecular weight is 427 g/mol. The number of Topliss-reactive ketones (excluding diaryl/α,β-unsaturated/α-hetero) is 1. The highest BCUT2D eigenvalue weighted by Crippen LogP contribution is 2.46. The van der Waals surface area contributed by atoms with Crippen molar-refractivity contribution in [3.8, 4) is 0 Å². The number of esters is 2. The Morgan fingerprint density at radius 2 is 1.74 bits per heavy atom. The van der Waals surface area contributed by atoms with E-state index >= 15 is 0 Å². The number of hydrogen-bond donors (Lipinski definition) is 1. The Kier molecular flexibility index (Phi) is 6.65. The molecule has 0 bridgehead atoms. The topological polar surface area (TPSA) is 90.9 Å². The van der Waals surface area contributed by atoms with Gasteiger partial charge in [-0.05, 0) is 36.5 Å². The van der Waals surface area contributed by atoms with Gasteiger partial charge >= 0.3 is 11.9 Å². The van der Waals surface area contributed by atoms with E-state index < -0.39 is 17.9 Å². The van der Waals surface area contributed by atoms with E-state index in [1.807, 2.05) is 6.92 Å². The Hall–Kier alpha value is -2.93. The van der Waals surface area contributed by atoms with E-state index in [0.29, 0.717) is 35.2 Å². The summed E-state index contributed by atoms with van der Waals surface area (Å²) >= 11 is 0. The zero-order valence-corrected chi connectivity index (χ0v) is 18.7. The zero-order valence-electron chi connectivity index (χ0n) is 18.7. The second kappa shape index (κ2) is 9.06. The summed E-state index contributed by atoms with van der Waals surface area (Å²) in [6, 6.07) is 6.80. The quantitative estimate of drug-likeness (QED) is 0.550. The standard InChI is InChI=1S/C24H29NO6/c1-14-19(23(28)31-11-10-29-4)20(15-6-8-16(9-7-15)22(27)30-5)21-17(25-14)12-24(2,3)13-18(21)26/h6-9,20,25H,10-13H2,1-5H3. The number of carbonyl (C=O) groups is 3. The molecule has 0 aromatic heterocycles. The number of rotatable bonds is 6. The molecule has 0 fully saturated rings. The lowest BCUT2D eigenvalue weighted by atomic mass is 9.68. The van der Waals surface area contributed by atoms with Gasteiger partial charge in [0.25, 0.3) is 0 Å². The zero-order chi connectivity index (χ0) is 22.8. The molecule has 7 nitrogen and oxygen atoms in total. The highest BCUT2D eigenvalue weighted by atomic mass is 16.6. The molecule has 1 heterocycles. The lowest BCUT2D eigenvalue weighted by Crippen LogP contribution is -2.38. The molecule has 1 aromatic rings. The maximum absolute atomic E-state index is 13.2. The van der Waals surface area contributed by atoms with Crippen LogP contribution in [0.25, 0.3) is 0 Å². The van der Waals surface area contributed by atoms with Gasteiger partial charge in [0.05, 0.1) is 24.9 Å². The molecule has 3 rings (SSSR count). The Balaban J connectivity index is 2.07. The summed E-state index contributed by atoms with van der Waals surface area (Å²) in [4.78, 5) is 38.1. The molecule has 0 spiro atoms. The minimum Gasteiger partial charge on any atom is -0.465 e. The van der Waals surface area contributed by atoms with E-state index in [2.05, 4.69) is 19.2 Å². The normalized spacial score (nSPS) is 20.2. The molecule has 0 saturated carbocycles. The van der Waals surface area contributed by atoms with Crippen LogP contribution in [0.3, 0.4) is 0 Å². The monoisotopic (exact) mass is 427 g/mol. The Morgan fingerprint density at radius 1 is 1.06 bits per heavy atom. The van der Waals surface area contributed by atoms with Gasteiger partial charge in [0.1, 0.15) is 6.61 Å². The molecular weight excluding hydrogens is 398 g/mol. The van der Waals surface area contributed by atoms with Crippen molar-refractivity contribution in [2.24, 2.45) is 5.41 Å². The fourth-order valence-corrected chi connectivity index (χ4v) is 4.26. The molecule has 1 aliphatic carbocycles. The number of methoxy groups -OCH3 is 2. The lowest BCUT2D eigenvalue weighted by Gasteiger charge is -2.39. The van der Waals surface area contributed by atoms with Gasteiger partial charge < -0.3 is 19.5 Å². The minimum absolute atomic E-state index is 0.00971. The van der Waals surface area contributed by atoms with Crippen molar-refractivity contribution in [1.29, 1.82) is 0 Å². The molecule has 1 aliphatic heterocycles. The first-order chi connectivity index (χ1) is 14.7. The van der Waals surface area contributed by atoms with Crippen LogP contribution in [-0.2, 0) is 23.8 Å². The van der Waals surface area contributed by atoms with Gasteiger partial charge in [-0.25, -0.2) is 9.59 Å². The Labute approximate surface area is 182 Å². The van der Waals surface area contributed by atoms with Crippen molar-refractivity contribution < 1.29 is 28.6 Å². The van der Waals surface area contributed by atoms with Gasteiger partial charge in [0, 0.05) is 36.4 Å². The molecule has 1 aromatic carbocycles. The number of hydrogen-bond acceptors (Lipinski definition) is 7. The van der Waals surface area contributed by atoms with Crippen molar-refractivity contribution in [2.75, 3.05) is 27.4 Å². The highest BCUT2D eigenvalue weighted by Gasteiger charge is 2.43. The summed E-state index contributed by atoms with van der Waals surface area (Å²) in [5.41, 5.74) is 3.47. The molecule has 31 heavy (non-hydrogen) atoms. The summed E-state index contributed by atoms with van der Waals surface area (Å²) in [6.07, 6.45) is 1.10. The third kappa shape index (κ3) is 4.71. The number of dihydropyridines is 1. The predicted molar refractivity (Wildman–Crippen MR) is 114 cm³/mol. The van der Waals surface area contributed by atoms with Gasteiger partial charge in [-0.1, -0.05) is 26.0 Å². The third-order valence-electron chi connectivity index (χ3n) is 5.65. The molecule has 0 amide bonds. The van der Waals surface area contributed by atoms with E-state index in [1.165, 1.54) is 14.2 Å². The summed E-state index contributed by atoms with van der Waals surface area (Å²) in [5, 5.41) is 3.30. The molecule has 0 radical (unpaired) electrons. The van der Waals surface area contributed by atoms with Crippen LogP contribution < -0.4 is 5.32 Å². The molecule has 166 valence electrons. The lowest BCUT2D eigenvalue weighted by molar-refractivity contribution is -0.140. The van der Waals surface area contributed by atoms with Gasteiger partial charge in [-0.3, -0.25) is 4.79 Å². The SMILES string of the molecule is COCCOC(=O)C1=C(C)NC2=C(C(=O)CC(C)(C)C2)C1c1ccc(C(=O)OC)cc1. The van der Waals surface area contributed by atoms with Crippen LogP contribution in [0.2, 0.25) is 0 Å². The first kappa shape index (κ1) is 22.7. The molecular formula is C24H29NO6. The van der Waals surface area contributed by atoms with E-state index in [-0.39, 0.29) is 24.4 Å². The predicted octanol–water partition coefficient (Wildman–Crippen LogP) is 3.27. The second-order valence-electron chi connectivity index (χ2n) is 8.67. The van der Waals surface area contributed by atoms with Crippen LogP contribution >= 0.6 is 0 Å². The number of ketones is 1. The maximum atomic E-state index is 13.2. The molecule has 2 aliphatic rings. The maximum Gasteiger partial charge on any atom is 0.337 e. The van der Waals surface area contributed by atoms with Crippen LogP contribution in [-0.4, -0.2) is 45.2 Å². The minimum atomic E-state index is -0.568. The molecule has 1 N–H and O–H groups in total. The summed E-state index contributed by atoms with van der Waals surface area (Å²) in [6.45, 7) is 6.34. The molecule has 1 unspecified atom stereocenters. The second-order valence-corrected chi connectivity index (χ2v) is 8.67. The summed E-state index contributed by atoms with van der Waals surface area (Å²) in [5.74, 6) is -1.50. The van der Waals surface area contributed by atoms with Gasteiger partial charge in [-0.2, -0.15) is 0 Å². The van der Waals surface area contributed by atoms with Gasteiger partial charge in [-0.15, -0.1) is 0 Å². The molecule has 1 atom stereocenters. The van der Waals surface area contributed by atoms with Crippen molar-refractivity contribution in [2.45, 2.75) is 39.5 Å². The largest absolute Gasteiger partial charge is 0.465 e. The van der Waals surface area contributed by atoms with Crippen molar-refractivity contribution in [3.63, 3.8) is 0 Å². The number of nitrogens with one attached hydrogen (secondary N) is 1. The van der Waals surface area contributed by atoms with Gasteiger partial charge in [0.15, 0.2) is 5.78 Å². The van der Waals surface area contributed by atoms with E-state index in [9.17, 15) is 14.4 Å². The van der Waals surface area contributed by atoms with Crippen LogP contribution in [0.4, 0.5) is 0 Å². The van der Waals surface area contributed by atoms with Crippen molar-refractivity contribution in [3.05, 3.63) is 57.9 Å². The first-order valence-corrected chi connectivity index (χ1v) is 10.3. The fraction of sp³-hybridized carbons (Fsp3) is 0.458. The van der Waals surface area contributed by atoms with E-state index in [4.69, 9.17) is 14.2 Å². The van der Waals surface area contributed by atoms with Crippen LogP contribution in [0.5, 0.6) is 0 Å². The molecule has 0 saturated heterocycles. The fourth-order valence-electron chi connectivity index (χ4n) is 4.26. The Morgan fingerprint density at radius 3 is 2.35 bits per heavy atom. The van der Waals surface area contributed by atoms with E-state index in [1.54, 1.807) is 24.3 Å². The number of ether oxygens (including phenoxy) is 3. The summed E-state index contributed by atoms with van der Waals surface area (Å²) in [7, 11) is 2.86. The van der Waals surface area contributed by atoms with Crippen LogP contribution in [0.1, 0.15) is 55.5 Å². The van der Waals surface area contributed by atoms with E-state index in [0.717, 1.165) is 11.3 Å². The van der Waals surface area contributed by atoms with Crippen molar-refractivity contribution in [1.82, 2.24) is 5.32 Å². The highest BCUT2D eigenvalue weighted by molar-refractivity contribution is 6.04.